The smallest absolute Gasteiger partial charge is 0.269 e. The molecule has 0 aliphatic heterocycles. The SMILES string of the molecule is CC(C)[C@H](NS(=O)(=O)c1ccc([N+](=O)[O-])cc1)[C@H](Oc1cc2cnn(-c3ccc(=O)n(C)c3)c2cc1Cl)c1ccccc1. The number of sulfonamides is 1. The van der Waals surface area contributed by atoms with Gasteiger partial charge in [0.2, 0.25) is 15.6 Å². The fraction of sp³-hybridized carbons (Fsp3) is 0.200. The molecule has 3 aromatic carbocycles. The summed E-state index contributed by atoms with van der Waals surface area (Å²) in [7, 11) is -2.44. The van der Waals surface area contributed by atoms with Gasteiger partial charge in [0.05, 0.1) is 38.3 Å². The number of pyridine rings is 1. The Morgan fingerprint density at radius 3 is 2.35 bits per heavy atom. The molecule has 1 N–H and O–H groups in total. The second kappa shape index (κ2) is 12.0. The van der Waals surface area contributed by atoms with Crippen LogP contribution in [0.3, 0.4) is 0 Å². The molecule has 5 rings (SSSR count). The maximum absolute atomic E-state index is 13.4. The molecule has 222 valence electrons. The van der Waals surface area contributed by atoms with Crippen LogP contribution in [0.25, 0.3) is 16.6 Å². The number of nitro groups is 1. The standard InChI is InChI=1S/C30H28ClN5O6S/c1-19(2)29(33-43(40,41)24-12-9-22(10-13-24)36(38)39)30(20-7-5-4-6-8-20)42-27-15-21-17-32-35(26(21)16-25(27)31)23-11-14-28(37)34(3)18-23/h4-19,29-30,33H,1-3H3/t29-,30+/m0/s1. The number of hydrogen-bond acceptors (Lipinski definition) is 7. The van der Waals surface area contributed by atoms with Crippen molar-refractivity contribution in [2.75, 3.05) is 0 Å². The highest BCUT2D eigenvalue weighted by Gasteiger charge is 2.33. The minimum Gasteiger partial charge on any atom is -0.482 e. The Balaban J connectivity index is 1.52. The number of non-ortho nitro benzene ring substituents is 1. The average molecular weight is 622 g/mol. The molecule has 2 aromatic heterocycles. The number of nitrogens with zero attached hydrogens (tertiary/aromatic N) is 4. The van der Waals surface area contributed by atoms with Crippen LogP contribution in [-0.4, -0.2) is 33.7 Å². The molecule has 0 spiro atoms. The first-order valence-electron chi connectivity index (χ1n) is 13.3. The first-order chi connectivity index (χ1) is 20.4. The van der Waals surface area contributed by atoms with Crippen molar-refractivity contribution in [3.63, 3.8) is 0 Å². The number of aryl methyl sites for hydroxylation is 1. The first kappa shape index (κ1) is 30.0. The van der Waals surface area contributed by atoms with Crippen molar-refractivity contribution in [1.82, 2.24) is 19.1 Å². The quantitative estimate of drug-likeness (QED) is 0.162. The van der Waals surface area contributed by atoms with Crippen LogP contribution in [0.4, 0.5) is 5.69 Å². The Labute approximate surface area is 252 Å². The van der Waals surface area contributed by atoms with E-state index in [4.69, 9.17) is 16.3 Å². The molecule has 0 radical (unpaired) electrons. The van der Waals surface area contributed by atoms with E-state index in [-0.39, 0.29) is 27.1 Å². The largest absolute Gasteiger partial charge is 0.482 e. The molecule has 0 aliphatic rings. The second-order valence-corrected chi connectivity index (χ2v) is 12.4. The predicted molar refractivity (Wildman–Crippen MR) is 163 cm³/mol. The van der Waals surface area contributed by atoms with Crippen LogP contribution >= 0.6 is 11.6 Å². The Hall–Kier alpha value is -4.52. The number of ether oxygens (including phenoxy) is 1. The van der Waals surface area contributed by atoms with Gasteiger partial charge in [0.1, 0.15) is 11.9 Å². The Morgan fingerprint density at radius 1 is 1.02 bits per heavy atom. The molecule has 0 saturated carbocycles. The second-order valence-electron chi connectivity index (χ2n) is 10.3. The fourth-order valence-corrected chi connectivity index (χ4v) is 6.29. The van der Waals surface area contributed by atoms with Gasteiger partial charge in [-0.1, -0.05) is 55.8 Å². The summed E-state index contributed by atoms with van der Waals surface area (Å²) in [6.45, 7) is 3.73. The summed E-state index contributed by atoms with van der Waals surface area (Å²) in [6, 6.07) is 19.7. The number of fused-ring (bicyclic) bond motifs is 1. The van der Waals surface area contributed by atoms with Gasteiger partial charge in [0.15, 0.2) is 0 Å². The van der Waals surface area contributed by atoms with Crippen molar-refractivity contribution < 1.29 is 18.1 Å². The van der Waals surface area contributed by atoms with Crippen LogP contribution in [0.5, 0.6) is 5.75 Å². The van der Waals surface area contributed by atoms with Crippen LogP contribution in [-0.2, 0) is 17.1 Å². The molecule has 0 bridgehead atoms. The van der Waals surface area contributed by atoms with E-state index in [1.54, 1.807) is 42.3 Å². The summed E-state index contributed by atoms with van der Waals surface area (Å²) in [5, 5.41) is 16.5. The van der Waals surface area contributed by atoms with Crippen LogP contribution in [0.2, 0.25) is 5.02 Å². The third-order valence-electron chi connectivity index (χ3n) is 7.01. The van der Waals surface area contributed by atoms with Crippen molar-refractivity contribution in [1.29, 1.82) is 0 Å². The summed E-state index contributed by atoms with van der Waals surface area (Å²) in [5.74, 6) is 0.0798. The van der Waals surface area contributed by atoms with Gasteiger partial charge in [-0.2, -0.15) is 5.10 Å². The molecule has 0 aliphatic carbocycles. The number of nitro benzene ring substituents is 1. The van der Waals surface area contributed by atoms with Crippen LogP contribution in [0, 0.1) is 16.0 Å². The summed E-state index contributed by atoms with van der Waals surface area (Å²) in [5.41, 5.74) is 1.71. The van der Waals surface area contributed by atoms with E-state index in [1.807, 2.05) is 44.2 Å². The maximum Gasteiger partial charge on any atom is 0.269 e. The molecule has 2 heterocycles. The van der Waals surface area contributed by atoms with Crippen molar-refractivity contribution in [3.8, 4) is 11.4 Å². The van der Waals surface area contributed by atoms with Gasteiger partial charge >= 0.3 is 0 Å². The van der Waals surface area contributed by atoms with Gasteiger partial charge in [0, 0.05) is 36.8 Å². The molecule has 0 fully saturated rings. The maximum atomic E-state index is 13.4. The van der Waals surface area contributed by atoms with Gasteiger partial charge in [-0.15, -0.1) is 0 Å². The van der Waals surface area contributed by atoms with Crippen LogP contribution in [0.15, 0.2) is 101 Å². The third kappa shape index (κ3) is 6.31. The third-order valence-corrected chi connectivity index (χ3v) is 8.78. The zero-order chi connectivity index (χ0) is 30.9. The average Bonchev–Trinajstić information content (AvgIpc) is 3.39. The van der Waals surface area contributed by atoms with Gasteiger partial charge < -0.3 is 9.30 Å². The highest BCUT2D eigenvalue weighted by Crippen LogP contribution is 2.36. The van der Waals surface area contributed by atoms with Gasteiger partial charge in [0.25, 0.3) is 5.69 Å². The van der Waals surface area contributed by atoms with E-state index < -0.39 is 27.1 Å². The number of nitrogens with one attached hydrogen (secondary N) is 1. The zero-order valence-corrected chi connectivity index (χ0v) is 25.0. The fourth-order valence-electron chi connectivity index (χ4n) is 4.70. The minimum atomic E-state index is -4.09. The molecule has 2 atom stereocenters. The number of benzene rings is 3. The lowest BCUT2D eigenvalue weighted by molar-refractivity contribution is -0.384. The molecule has 43 heavy (non-hydrogen) atoms. The molecule has 5 aromatic rings. The molecule has 0 amide bonds. The first-order valence-corrected chi connectivity index (χ1v) is 15.1. The Kier molecular flexibility index (Phi) is 8.36. The van der Waals surface area contributed by atoms with Crippen molar-refractivity contribution >= 4 is 38.2 Å². The molecular weight excluding hydrogens is 594 g/mol. The number of halogens is 1. The van der Waals surface area contributed by atoms with E-state index in [1.165, 1.54) is 22.8 Å². The highest BCUT2D eigenvalue weighted by molar-refractivity contribution is 7.89. The van der Waals surface area contributed by atoms with Gasteiger partial charge in [-0.3, -0.25) is 14.9 Å². The Morgan fingerprint density at radius 2 is 1.72 bits per heavy atom. The predicted octanol–water partition coefficient (Wildman–Crippen LogP) is 5.41. The summed E-state index contributed by atoms with van der Waals surface area (Å²) >= 11 is 6.75. The van der Waals surface area contributed by atoms with Crippen molar-refractivity contribution in [2.24, 2.45) is 13.0 Å². The molecule has 0 saturated heterocycles. The van der Waals surface area contributed by atoms with E-state index in [2.05, 4.69) is 9.82 Å². The number of hydrogen-bond donors (Lipinski definition) is 1. The lowest BCUT2D eigenvalue weighted by Crippen LogP contribution is -2.44. The minimum absolute atomic E-state index is 0.110. The van der Waals surface area contributed by atoms with Crippen LogP contribution < -0.4 is 15.0 Å². The van der Waals surface area contributed by atoms with E-state index in [0.717, 1.165) is 12.1 Å². The van der Waals surface area contributed by atoms with Crippen molar-refractivity contribution in [2.45, 2.75) is 30.9 Å². The summed E-state index contributed by atoms with van der Waals surface area (Å²) < 4.78 is 39.3. The van der Waals surface area contributed by atoms with E-state index >= 15 is 0 Å². The van der Waals surface area contributed by atoms with Gasteiger partial charge in [-0.05, 0) is 41.8 Å². The lowest BCUT2D eigenvalue weighted by atomic mass is 9.94. The van der Waals surface area contributed by atoms with E-state index in [9.17, 15) is 23.3 Å². The normalized spacial score (nSPS) is 13.2. The summed E-state index contributed by atoms with van der Waals surface area (Å²) in [6.07, 6.45) is 2.52. The topological polar surface area (TPSA) is 138 Å². The zero-order valence-electron chi connectivity index (χ0n) is 23.4. The molecule has 13 heteroatoms. The summed E-state index contributed by atoms with van der Waals surface area (Å²) in [4.78, 5) is 22.2. The molecular formula is C30H28ClN5O6S. The van der Waals surface area contributed by atoms with Crippen molar-refractivity contribution in [3.05, 3.63) is 122 Å². The van der Waals surface area contributed by atoms with E-state index in [0.29, 0.717) is 27.9 Å². The van der Waals surface area contributed by atoms with Crippen LogP contribution in [0.1, 0.15) is 25.5 Å². The van der Waals surface area contributed by atoms with Gasteiger partial charge in [-0.25, -0.2) is 17.8 Å². The molecule has 11 nitrogen and oxygen atoms in total. The highest BCUT2D eigenvalue weighted by atomic mass is 35.5. The monoisotopic (exact) mass is 621 g/mol. The lowest BCUT2D eigenvalue weighted by Gasteiger charge is -2.32. The molecule has 0 unspecified atom stereocenters. The number of aromatic nitrogens is 3. The number of rotatable bonds is 10. The Bertz CT molecular complexity index is 1960.